The quantitative estimate of drug-likeness (QED) is 0.377. The SMILES string of the molecule is Cc1ccc(-n2c(SC(C)c3nc(N)nc(N(C)C)n3)nc3ccccc3c2=O)cc1. The second-order valence-corrected chi connectivity index (χ2v) is 8.70. The predicted molar refractivity (Wildman–Crippen MR) is 125 cm³/mol. The minimum Gasteiger partial charge on any atom is -0.368 e. The average Bonchev–Trinajstić information content (AvgIpc) is 2.74. The summed E-state index contributed by atoms with van der Waals surface area (Å²) in [4.78, 5) is 32.9. The van der Waals surface area contributed by atoms with Crippen LogP contribution in [0.2, 0.25) is 0 Å². The first-order valence-electron chi connectivity index (χ1n) is 9.78. The first-order valence-corrected chi connectivity index (χ1v) is 10.7. The van der Waals surface area contributed by atoms with Gasteiger partial charge in [0.1, 0.15) is 5.82 Å². The number of hydrogen-bond acceptors (Lipinski definition) is 8. The fourth-order valence-corrected chi connectivity index (χ4v) is 4.07. The van der Waals surface area contributed by atoms with Crippen LogP contribution in [0.1, 0.15) is 23.6 Å². The van der Waals surface area contributed by atoms with Crippen molar-refractivity contribution in [3.05, 3.63) is 70.3 Å². The molecule has 9 heteroatoms. The first-order chi connectivity index (χ1) is 14.8. The van der Waals surface area contributed by atoms with E-state index in [0.29, 0.717) is 27.8 Å². The molecule has 2 heterocycles. The van der Waals surface area contributed by atoms with Crippen LogP contribution in [0.15, 0.2) is 58.5 Å². The zero-order valence-electron chi connectivity index (χ0n) is 17.8. The number of aromatic nitrogens is 5. The molecule has 0 radical (unpaired) electrons. The van der Waals surface area contributed by atoms with Crippen LogP contribution in [-0.4, -0.2) is 38.6 Å². The third kappa shape index (κ3) is 4.22. The number of benzene rings is 2. The Morgan fingerprint density at radius 2 is 1.71 bits per heavy atom. The molecule has 0 saturated carbocycles. The van der Waals surface area contributed by atoms with Gasteiger partial charge in [-0.15, -0.1) is 0 Å². The smallest absolute Gasteiger partial charge is 0.266 e. The lowest BCUT2D eigenvalue weighted by atomic mass is 10.2. The van der Waals surface area contributed by atoms with Crippen LogP contribution >= 0.6 is 11.8 Å². The molecule has 2 aromatic carbocycles. The van der Waals surface area contributed by atoms with Crippen LogP contribution in [0.25, 0.3) is 16.6 Å². The van der Waals surface area contributed by atoms with Crippen LogP contribution in [0, 0.1) is 6.92 Å². The molecule has 0 amide bonds. The Labute approximate surface area is 184 Å². The van der Waals surface area contributed by atoms with Crippen LogP contribution < -0.4 is 16.2 Å². The fourth-order valence-electron chi connectivity index (χ4n) is 3.10. The largest absolute Gasteiger partial charge is 0.368 e. The summed E-state index contributed by atoms with van der Waals surface area (Å²) >= 11 is 1.41. The van der Waals surface area contributed by atoms with Gasteiger partial charge in [-0.05, 0) is 38.1 Å². The summed E-state index contributed by atoms with van der Waals surface area (Å²) in [6, 6.07) is 15.2. The van der Waals surface area contributed by atoms with E-state index in [2.05, 4.69) is 15.0 Å². The molecule has 0 fully saturated rings. The maximum atomic E-state index is 13.4. The summed E-state index contributed by atoms with van der Waals surface area (Å²) in [5.74, 6) is 1.17. The summed E-state index contributed by atoms with van der Waals surface area (Å²) in [6.45, 7) is 3.97. The zero-order chi connectivity index (χ0) is 22.1. The Kier molecular flexibility index (Phi) is 5.60. The molecule has 0 spiro atoms. The highest BCUT2D eigenvalue weighted by Gasteiger charge is 2.20. The van der Waals surface area contributed by atoms with Crippen molar-refractivity contribution < 1.29 is 0 Å². The van der Waals surface area contributed by atoms with Crippen LogP contribution in [0.5, 0.6) is 0 Å². The molecule has 0 aliphatic carbocycles. The van der Waals surface area contributed by atoms with Gasteiger partial charge in [0.25, 0.3) is 5.56 Å². The van der Waals surface area contributed by atoms with Gasteiger partial charge in [-0.1, -0.05) is 41.6 Å². The highest BCUT2D eigenvalue weighted by molar-refractivity contribution is 7.99. The number of rotatable bonds is 5. The van der Waals surface area contributed by atoms with E-state index in [-0.39, 0.29) is 16.8 Å². The van der Waals surface area contributed by atoms with E-state index < -0.39 is 0 Å². The molecule has 8 nitrogen and oxygen atoms in total. The lowest BCUT2D eigenvalue weighted by Gasteiger charge is -2.17. The lowest BCUT2D eigenvalue weighted by Crippen LogP contribution is -2.22. The van der Waals surface area contributed by atoms with E-state index >= 15 is 0 Å². The molecule has 0 saturated heterocycles. The normalized spacial score (nSPS) is 12.1. The van der Waals surface area contributed by atoms with Crippen molar-refractivity contribution in [2.45, 2.75) is 24.3 Å². The van der Waals surface area contributed by atoms with Gasteiger partial charge in [0.05, 0.1) is 21.8 Å². The number of nitrogens with two attached hydrogens (primary N) is 1. The lowest BCUT2D eigenvalue weighted by molar-refractivity contribution is 0.806. The van der Waals surface area contributed by atoms with E-state index in [1.807, 2.05) is 70.4 Å². The summed E-state index contributed by atoms with van der Waals surface area (Å²) in [5.41, 5.74) is 8.30. The molecule has 0 bridgehead atoms. The molecule has 4 rings (SSSR count). The molecule has 4 aromatic rings. The number of nitrogen functional groups attached to an aromatic ring is 1. The standard InChI is InChI=1S/C22H23N7OS/c1-13-9-11-15(12-10-13)29-19(30)16-7-5-6-8-17(16)24-22(29)31-14(2)18-25-20(23)27-21(26-18)28(3)4/h5-12,14H,1-4H3,(H2,23,25,26,27). The topological polar surface area (TPSA) is 103 Å². The van der Waals surface area contributed by atoms with Gasteiger partial charge >= 0.3 is 0 Å². The van der Waals surface area contributed by atoms with Gasteiger partial charge in [-0.25, -0.2) is 4.98 Å². The summed E-state index contributed by atoms with van der Waals surface area (Å²) in [6.07, 6.45) is 0. The fraction of sp³-hybridized carbons (Fsp3) is 0.227. The van der Waals surface area contributed by atoms with Gasteiger partial charge in [0.2, 0.25) is 11.9 Å². The predicted octanol–water partition coefficient (Wildman–Crippen LogP) is 3.38. The molecule has 1 unspecified atom stereocenters. The van der Waals surface area contributed by atoms with Crippen molar-refractivity contribution >= 4 is 34.6 Å². The van der Waals surface area contributed by atoms with Crippen molar-refractivity contribution in [1.82, 2.24) is 24.5 Å². The zero-order valence-corrected chi connectivity index (χ0v) is 18.6. The van der Waals surface area contributed by atoms with Gasteiger partial charge < -0.3 is 10.6 Å². The number of anilines is 2. The van der Waals surface area contributed by atoms with E-state index in [4.69, 9.17) is 10.7 Å². The molecule has 0 aliphatic rings. The third-order valence-corrected chi connectivity index (χ3v) is 5.79. The Bertz CT molecular complexity index is 1300. The van der Waals surface area contributed by atoms with E-state index in [1.54, 1.807) is 15.5 Å². The van der Waals surface area contributed by atoms with Crippen molar-refractivity contribution in [2.75, 3.05) is 24.7 Å². The molecule has 31 heavy (non-hydrogen) atoms. The molecule has 0 aliphatic heterocycles. The monoisotopic (exact) mass is 433 g/mol. The second kappa shape index (κ2) is 8.35. The highest BCUT2D eigenvalue weighted by Crippen LogP contribution is 2.34. The van der Waals surface area contributed by atoms with Crippen LogP contribution in [-0.2, 0) is 0 Å². The molecule has 2 N–H and O–H groups in total. The minimum absolute atomic E-state index is 0.117. The van der Waals surface area contributed by atoms with Crippen molar-refractivity contribution in [3.8, 4) is 5.69 Å². The first kappa shape index (κ1) is 20.8. The van der Waals surface area contributed by atoms with Crippen molar-refractivity contribution in [3.63, 3.8) is 0 Å². The molecular weight excluding hydrogens is 410 g/mol. The van der Waals surface area contributed by atoms with Gasteiger partial charge in [-0.3, -0.25) is 9.36 Å². The Morgan fingerprint density at radius 1 is 1.00 bits per heavy atom. The summed E-state index contributed by atoms with van der Waals surface area (Å²) in [5, 5.41) is 0.915. The minimum atomic E-state index is -0.214. The maximum absolute atomic E-state index is 13.4. The number of nitrogens with zero attached hydrogens (tertiary/aromatic N) is 6. The number of hydrogen-bond donors (Lipinski definition) is 1. The van der Waals surface area contributed by atoms with E-state index in [9.17, 15) is 4.79 Å². The van der Waals surface area contributed by atoms with Crippen LogP contribution in [0.4, 0.5) is 11.9 Å². The molecule has 2 aromatic heterocycles. The Balaban J connectivity index is 1.84. The van der Waals surface area contributed by atoms with Gasteiger partial charge in [0.15, 0.2) is 5.16 Å². The third-order valence-electron chi connectivity index (χ3n) is 4.74. The van der Waals surface area contributed by atoms with E-state index in [1.165, 1.54) is 11.8 Å². The number of thioether (sulfide) groups is 1. The number of para-hydroxylation sites is 1. The van der Waals surface area contributed by atoms with E-state index in [0.717, 1.165) is 11.3 Å². The molecule has 1 atom stereocenters. The molecule has 158 valence electrons. The highest BCUT2D eigenvalue weighted by atomic mass is 32.2. The number of aryl methyl sites for hydroxylation is 1. The van der Waals surface area contributed by atoms with Gasteiger partial charge in [0, 0.05) is 14.1 Å². The average molecular weight is 434 g/mol. The second-order valence-electron chi connectivity index (χ2n) is 7.39. The van der Waals surface area contributed by atoms with Crippen molar-refractivity contribution in [1.29, 1.82) is 0 Å². The maximum Gasteiger partial charge on any atom is 0.266 e. The summed E-state index contributed by atoms with van der Waals surface area (Å²) < 4.78 is 1.64. The summed E-state index contributed by atoms with van der Waals surface area (Å²) in [7, 11) is 3.69. The molecular formula is C22H23N7OS. The Hall–Kier alpha value is -3.46. The Morgan fingerprint density at radius 3 is 2.42 bits per heavy atom. The van der Waals surface area contributed by atoms with Crippen LogP contribution in [0.3, 0.4) is 0 Å². The number of fused-ring (bicyclic) bond motifs is 1. The van der Waals surface area contributed by atoms with Crippen molar-refractivity contribution in [2.24, 2.45) is 0 Å². The van der Waals surface area contributed by atoms with Gasteiger partial charge in [-0.2, -0.15) is 15.0 Å².